The second-order valence-electron chi connectivity index (χ2n) is 4.65. The standard InChI is InChI=1S/C16H11BrN2O3/c1-9-4-10(8-18)6-11(5-9)15(20)19-14-3-2-12(17)7-13(14)16(21)22/h2-7H,1H3,(H,19,20)(H,21,22). The van der Waals surface area contributed by atoms with Crippen molar-refractivity contribution in [2.24, 2.45) is 0 Å². The number of halogens is 1. The quantitative estimate of drug-likeness (QED) is 0.877. The summed E-state index contributed by atoms with van der Waals surface area (Å²) in [5.74, 6) is -1.61. The van der Waals surface area contributed by atoms with E-state index in [9.17, 15) is 14.7 Å². The van der Waals surface area contributed by atoms with E-state index >= 15 is 0 Å². The molecule has 0 bridgehead atoms. The van der Waals surface area contributed by atoms with E-state index in [1.165, 1.54) is 18.2 Å². The molecule has 0 atom stereocenters. The lowest BCUT2D eigenvalue weighted by Gasteiger charge is -2.09. The van der Waals surface area contributed by atoms with Gasteiger partial charge in [0, 0.05) is 10.0 Å². The fourth-order valence-corrected chi connectivity index (χ4v) is 2.34. The molecule has 2 N–H and O–H groups in total. The predicted octanol–water partition coefficient (Wildman–Crippen LogP) is 3.58. The van der Waals surface area contributed by atoms with Gasteiger partial charge in [-0.1, -0.05) is 15.9 Å². The highest BCUT2D eigenvalue weighted by molar-refractivity contribution is 9.10. The van der Waals surface area contributed by atoms with Crippen molar-refractivity contribution in [3.63, 3.8) is 0 Å². The normalized spacial score (nSPS) is 9.86. The van der Waals surface area contributed by atoms with Gasteiger partial charge in [-0.05, 0) is 48.9 Å². The Balaban J connectivity index is 2.36. The van der Waals surface area contributed by atoms with E-state index in [1.54, 1.807) is 25.1 Å². The number of carboxylic acid groups (broad SMARTS) is 1. The first-order valence-corrected chi connectivity index (χ1v) is 7.06. The van der Waals surface area contributed by atoms with E-state index in [1.807, 2.05) is 6.07 Å². The third kappa shape index (κ3) is 3.51. The molecule has 5 nitrogen and oxygen atoms in total. The summed E-state index contributed by atoms with van der Waals surface area (Å²) in [6.07, 6.45) is 0. The molecule has 2 aromatic rings. The molecule has 0 aliphatic rings. The minimum Gasteiger partial charge on any atom is -0.478 e. The van der Waals surface area contributed by atoms with E-state index in [2.05, 4.69) is 21.2 Å². The molecule has 0 aliphatic carbocycles. The molecule has 22 heavy (non-hydrogen) atoms. The number of anilines is 1. The molecule has 110 valence electrons. The molecule has 0 saturated carbocycles. The minimum absolute atomic E-state index is 0.0177. The number of aromatic carboxylic acids is 1. The van der Waals surface area contributed by atoms with Crippen molar-refractivity contribution in [3.05, 3.63) is 63.1 Å². The third-order valence-corrected chi connectivity index (χ3v) is 3.42. The van der Waals surface area contributed by atoms with Crippen LogP contribution in [0.5, 0.6) is 0 Å². The first-order chi connectivity index (χ1) is 10.4. The van der Waals surface area contributed by atoms with Crippen LogP contribution in [0.25, 0.3) is 0 Å². The number of benzene rings is 2. The van der Waals surface area contributed by atoms with Crippen LogP contribution in [0.4, 0.5) is 5.69 Å². The number of hydrogen-bond acceptors (Lipinski definition) is 3. The van der Waals surface area contributed by atoms with Gasteiger partial charge in [0.25, 0.3) is 5.91 Å². The lowest BCUT2D eigenvalue weighted by atomic mass is 10.1. The van der Waals surface area contributed by atoms with Gasteiger partial charge in [0.05, 0.1) is 22.9 Å². The summed E-state index contributed by atoms with van der Waals surface area (Å²) in [6.45, 7) is 1.78. The van der Waals surface area contributed by atoms with Crippen LogP contribution in [-0.2, 0) is 0 Å². The lowest BCUT2D eigenvalue weighted by molar-refractivity contribution is 0.0698. The van der Waals surface area contributed by atoms with Crippen molar-refractivity contribution in [2.45, 2.75) is 6.92 Å². The maximum absolute atomic E-state index is 12.3. The lowest BCUT2D eigenvalue weighted by Crippen LogP contribution is -2.15. The van der Waals surface area contributed by atoms with E-state index in [0.29, 0.717) is 15.6 Å². The van der Waals surface area contributed by atoms with Gasteiger partial charge < -0.3 is 10.4 Å². The van der Waals surface area contributed by atoms with Crippen LogP contribution >= 0.6 is 15.9 Å². The van der Waals surface area contributed by atoms with E-state index in [0.717, 1.165) is 5.56 Å². The highest BCUT2D eigenvalue weighted by Gasteiger charge is 2.14. The molecular formula is C16H11BrN2O3. The molecule has 0 radical (unpaired) electrons. The molecule has 2 aromatic carbocycles. The Kier molecular flexibility index (Phi) is 4.59. The highest BCUT2D eigenvalue weighted by Crippen LogP contribution is 2.22. The Morgan fingerprint density at radius 1 is 1.23 bits per heavy atom. The Bertz CT molecular complexity index is 810. The third-order valence-electron chi connectivity index (χ3n) is 2.93. The maximum Gasteiger partial charge on any atom is 0.337 e. The summed E-state index contributed by atoms with van der Waals surface area (Å²) in [7, 11) is 0. The smallest absolute Gasteiger partial charge is 0.337 e. The van der Waals surface area contributed by atoms with Gasteiger partial charge in [-0.2, -0.15) is 5.26 Å². The molecule has 6 heteroatoms. The Morgan fingerprint density at radius 2 is 1.95 bits per heavy atom. The first kappa shape index (κ1) is 15.7. The van der Waals surface area contributed by atoms with E-state index in [4.69, 9.17) is 5.26 Å². The summed E-state index contributed by atoms with van der Waals surface area (Å²) in [5.41, 5.74) is 1.63. The SMILES string of the molecule is Cc1cc(C#N)cc(C(=O)Nc2ccc(Br)cc2C(=O)O)c1. The second kappa shape index (κ2) is 6.41. The number of nitrogens with one attached hydrogen (secondary N) is 1. The van der Waals surface area contributed by atoms with Crippen molar-refractivity contribution in [2.75, 3.05) is 5.32 Å². The van der Waals surface area contributed by atoms with Crippen LogP contribution in [0.3, 0.4) is 0 Å². The fraction of sp³-hybridized carbons (Fsp3) is 0.0625. The zero-order valence-corrected chi connectivity index (χ0v) is 13.1. The molecule has 0 aromatic heterocycles. The van der Waals surface area contributed by atoms with E-state index < -0.39 is 11.9 Å². The van der Waals surface area contributed by atoms with Gasteiger partial charge in [0.15, 0.2) is 0 Å². The van der Waals surface area contributed by atoms with Crippen molar-refractivity contribution < 1.29 is 14.7 Å². The number of amides is 1. The van der Waals surface area contributed by atoms with Crippen LogP contribution in [0, 0.1) is 18.3 Å². The number of rotatable bonds is 3. The maximum atomic E-state index is 12.3. The Hall–Kier alpha value is -2.65. The number of carbonyl (C=O) groups is 2. The van der Waals surface area contributed by atoms with Crippen LogP contribution in [0.15, 0.2) is 40.9 Å². The van der Waals surface area contributed by atoms with Crippen LogP contribution in [0.2, 0.25) is 0 Å². The highest BCUT2D eigenvalue weighted by atomic mass is 79.9. The number of hydrogen-bond donors (Lipinski definition) is 2. The zero-order chi connectivity index (χ0) is 16.3. The predicted molar refractivity (Wildman–Crippen MR) is 84.9 cm³/mol. The van der Waals surface area contributed by atoms with Crippen LogP contribution in [-0.4, -0.2) is 17.0 Å². The average molecular weight is 359 g/mol. The van der Waals surface area contributed by atoms with Gasteiger partial charge in [0.1, 0.15) is 0 Å². The number of aryl methyl sites for hydroxylation is 1. The Labute approximate surface area is 135 Å². The van der Waals surface area contributed by atoms with Crippen LogP contribution in [0.1, 0.15) is 31.8 Å². The van der Waals surface area contributed by atoms with Crippen molar-refractivity contribution >= 4 is 33.5 Å². The molecule has 0 heterocycles. The molecule has 0 unspecified atom stereocenters. The van der Waals surface area contributed by atoms with Crippen molar-refractivity contribution in [3.8, 4) is 6.07 Å². The van der Waals surface area contributed by atoms with Gasteiger partial charge in [0.2, 0.25) is 0 Å². The van der Waals surface area contributed by atoms with Crippen molar-refractivity contribution in [1.29, 1.82) is 5.26 Å². The number of nitrogens with zero attached hydrogens (tertiary/aromatic N) is 1. The average Bonchev–Trinajstić information content (AvgIpc) is 2.48. The molecule has 0 fully saturated rings. The topological polar surface area (TPSA) is 90.2 Å². The molecule has 1 amide bonds. The first-order valence-electron chi connectivity index (χ1n) is 6.26. The summed E-state index contributed by atoms with van der Waals surface area (Å²) in [4.78, 5) is 23.5. The number of carboxylic acids is 1. The summed E-state index contributed by atoms with van der Waals surface area (Å²) < 4.78 is 0.602. The zero-order valence-electron chi connectivity index (χ0n) is 11.6. The van der Waals surface area contributed by atoms with E-state index in [-0.39, 0.29) is 11.3 Å². The monoisotopic (exact) mass is 358 g/mol. The van der Waals surface area contributed by atoms with Gasteiger partial charge in [-0.15, -0.1) is 0 Å². The summed E-state index contributed by atoms with van der Waals surface area (Å²) >= 11 is 3.19. The number of nitriles is 1. The largest absolute Gasteiger partial charge is 0.478 e. The van der Waals surface area contributed by atoms with Crippen LogP contribution < -0.4 is 5.32 Å². The fourth-order valence-electron chi connectivity index (χ4n) is 1.98. The van der Waals surface area contributed by atoms with Gasteiger partial charge >= 0.3 is 5.97 Å². The Morgan fingerprint density at radius 3 is 2.59 bits per heavy atom. The minimum atomic E-state index is -1.14. The summed E-state index contributed by atoms with van der Waals surface area (Å²) in [6, 6.07) is 11.3. The molecule has 0 saturated heterocycles. The molecule has 2 rings (SSSR count). The summed E-state index contributed by atoms with van der Waals surface area (Å²) in [5, 5.41) is 20.7. The molecule has 0 spiro atoms. The van der Waals surface area contributed by atoms with Gasteiger partial charge in [-0.25, -0.2) is 4.79 Å². The van der Waals surface area contributed by atoms with Crippen molar-refractivity contribution in [1.82, 2.24) is 0 Å². The number of carbonyl (C=O) groups excluding carboxylic acids is 1. The molecule has 0 aliphatic heterocycles. The second-order valence-corrected chi connectivity index (χ2v) is 5.56. The molecular weight excluding hydrogens is 348 g/mol. The van der Waals surface area contributed by atoms with Gasteiger partial charge in [-0.3, -0.25) is 4.79 Å².